The molecule has 0 aliphatic heterocycles. The minimum Gasteiger partial charge on any atom is -0.496 e. The highest BCUT2D eigenvalue weighted by atomic mass is 16.5. The number of methoxy groups -OCH3 is 2. The fourth-order valence-electron chi connectivity index (χ4n) is 3.06. The number of benzene rings is 3. The first-order valence-electron chi connectivity index (χ1n) is 9.46. The van der Waals surface area contributed by atoms with Gasteiger partial charge in [-0.1, -0.05) is 54.6 Å². The van der Waals surface area contributed by atoms with Gasteiger partial charge in [-0.25, -0.2) is 0 Å². The van der Waals surface area contributed by atoms with Gasteiger partial charge in [0.2, 0.25) is 0 Å². The molecule has 4 nitrogen and oxygen atoms in total. The maximum Gasteiger partial charge on any atom is 0.161 e. The summed E-state index contributed by atoms with van der Waals surface area (Å²) in [6.07, 6.45) is 0.867. The summed E-state index contributed by atoms with van der Waals surface area (Å²) in [5.74, 6) is 2.42. The molecule has 0 heterocycles. The second-order valence-electron chi connectivity index (χ2n) is 6.48. The third-order valence-corrected chi connectivity index (χ3v) is 4.56. The van der Waals surface area contributed by atoms with Crippen molar-refractivity contribution in [2.75, 3.05) is 20.8 Å². The van der Waals surface area contributed by atoms with Gasteiger partial charge in [-0.3, -0.25) is 0 Å². The predicted octanol–water partition coefficient (Wildman–Crippen LogP) is 4.62. The minimum atomic E-state index is 0.617. The van der Waals surface area contributed by atoms with Crippen LogP contribution in [0.3, 0.4) is 0 Å². The summed E-state index contributed by atoms with van der Waals surface area (Å²) in [4.78, 5) is 0. The molecule has 0 bridgehead atoms. The van der Waals surface area contributed by atoms with Crippen LogP contribution in [-0.2, 0) is 19.5 Å². The molecule has 0 amide bonds. The molecule has 0 saturated heterocycles. The topological polar surface area (TPSA) is 39.7 Å². The van der Waals surface area contributed by atoms with Gasteiger partial charge >= 0.3 is 0 Å². The van der Waals surface area contributed by atoms with Gasteiger partial charge in [0.1, 0.15) is 5.75 Å². The van der Waals surface area contributed by atoms with Gasteiger partial charge in [-0.2, -0.15) is 0 Å². The Balaban J connectivity index is 1.53. The zero-order chi connectivity index (χ0) is 19.6. The average molecular weight is 377 g/mol. The molecule has 0 aliphatic carbocycles. The molecule has 3 aromatic carbocycles. The Morgan fingerprint density at radius 3 is 2.21 bits per heavy atom. The predicted molar refractivity (Wildman–Crippen MR) is 112 cm³/mol. The molecular weight excluding hydrogens is 350 g/mol. The van der Waals surface area contributed by atoms with Gasteiger partial charge in [0, 0.05) is 25.1 Å². The van der Waals surface area contributed by atoms with E-state index in [1.54, 1.807) is 14.2 Å². The van der Waals surface area contributed by atoms with Crippen LogP contribution in [-0.4, -0.2) is 20.8 Å². The van der Waals surface area contributed by atoms with E-state index in [0.717, 1.165) is 47.9 Å². The average Bonchev–Trinajstić information content (AvgIpc) is 2.75. The van der Waals surface area contributed by atoms with E-state index in [0.29, 0.717) is 6.61 Å². The fourth-order valence-corrected chi connectivity index (χ4v) is 3.06. The summed E-state index contributed by atoms with van der Waals surface area (Å²) >= 11 is 0. The van der Waals surface area contributed by atoms with Gasteiger partial charge in [0.25, 0.3) is 0 Å². The Hall–Kier alpha value is -2.98. The van der Waals surface area contributed by atoms with Crippen molar-refractivity contribution in [3.63, 3.8) is 0 Å². The van der Waals surface area contributed by atoms with Crippen molar-refractivity contribution in [3.8, 4) is 17.2 Å². The Bertz CT molecular complexity index is 865. The Labute approximate surface area is 167 Å². The van der Waals surface area contributed by atoms with Gasteiger partial charge < -0.3 is 19.5 Å². The van der Waals surface area contributed by atoms with E-state index in [-0.39, 0.29) is 0 Å². The van der Waals surface area contributed by atoms with E-state index in [9.17, 15) is 0 Å². The van der Waals surface area contributed by atoms with Crippen LogP contribution in [0.25, 0.3) is 0 Å². The largest absolute Gasteiger partial charge is 0.496 e. The molecule has 0 spiro atoms. The first-order chi connectivity index (χ1) is 13.8. The first-order valence-corrected chi connectivity index (χ1v) is 9.46. The van der Waals surface area contributed by atoms with Crippen molar-refractivity contribution in [2.24, 2.45) is 0 Å². The molecule has 146 valence electrons. The molecule has 0 saturated carbocycles. The first kappa shape index (κ1) is 19.8. The molecule has 0 aliphatic rings. The number of hydrogen-bond acceptors (Lipinski definition) is 4. The van der Waals surface area contributed by atoms with Crippen LogP contribution >= 0.6 is 0 Å². The molecular formula is C24H27NO3. The Morgan fingerprint density at radius 2 is 1.43 bits per heavy atom. The second kappa shape index (κ2) is 10.4. The Morgan fingerprint density at radius 1 is 0.679 bits per heavy atom. The van der Waals surface area contributed by atoms with Crippen LogP contribution in [0, 0.1) is 0 Å². The van der Waals surface area contributed by atoms with Crippen LogP contribution < -0.4 is 19.5 Å². The van der Waals surface area contributed by atoms with Crippen LogP contribution in [0.5, 0.6) is 17.2 Å². The van der Waals surface area contributed by atoms with Crippen LogP contribution in [0.4, 0.5) is 0 Å². The summed E-state index contributed by atoms with van der Waals surface area (Å²) in [6, 6.07) is 24.4. The van der Waals surface area contributed by atoms with E-state index in [4.69, 9.17) is 14.2 Å². The SMILES string of the molecule is COc1ccccc1CNCc1ccc(OCCc2ccccc2)c(OC)c1. The van der Waals surface area contributed by atoms with Gasteiger partial charge in [-0.05, 0) is 29.3 Å². The molecule has 0 fully saturated rings. The van der Waals surface area contributed by atoms with Gasteiger partial charge in [-0.15, -0.1) is 0 Å². The summed E-state index contributed by atoms with van der Waals surface area (Å²) < 4.78 is 16.8. The van der Waals surface area contributed by atoms with Crippen molar-refractivity contribution in [1.82, 2.24) is 5.32 Å². The van der Waals surface area contributed by atoms with E-state index in [2.05, 4.69) is 29.6 Å². The third kappa shape index (κ3) is 5.51. The van der Waals surface area contributed by atoms with Crippen LogP contribution in [0.2, 0.25) is 0 Å². The summed E-state index contributed by atoms with van der Waals surface area (Å²) in [5, 5.41) is 3.45. The molecule has 1 N–H and O–H groups in total. The van der Waals surface area contributed by atoms with Crippen molar-refractivity contribution in [1.29, 1.82) is 0 Å². The van der Waals surface area contributed by atoms with E-state index < -0.39 is 0 Å². The number of hydrogen-bond donors (Lipinski definition) is 1. The lowest BCUT2D eigenvalue weighted by atomic mass is 10.1. The Kier molecular flexibility index (Phi) is 7.33. The maximum absolute atomic E-state index is 5.93. The van der Waals surface area contributed by atoms with E-state index in [1.807, 2.05) is 48.5 Å². The maximum atomic E-state index is 5.93. The number of para-hydroxylation sites is 1. The summed E-state index contributed by atoms with van der Waals surface area (Å²) in [6.45, 7) is 2.09. The van der Waals surface area contributed by atoms with Crippen LogP contribution in [0.1, 0.15) is 16.7 Å². The van der Waals surface area contributed by atoms with Crippen molar-refractivity contribution >= 4 is 0 Å². The highest BCUT2D eigenvalue weighted by molar-refractivity contribution is 5.43. The number of nitrogens with one attached hydrogen (secondary N) is 1. The zero-order valence-electron chi connectivity index (χ0n) is 16.5. The highest BCUT2D eigenvalue weighted by Crippen LogP contribution is 2.28. The minimum absolute atomic E-state index is 0.617. The van der Waals surface area contributed by atoms with Crippen molar-refractivity contribution in [3.05, 3.63) is 89.5 Å². The van der Waals surface area contributed by atoms with Crippen molar-refractivity contribution in [2.45, 2.75) is 19.5 Å². The lowest BCUT2D eigenvalue weighted by Gasteiger charge is -2.13. The lowest BCUT2D eigenvalue weighted by Crippen LogP contribution is -2.13. The summed E-state index contributed by atoms with van der Waals surface area (Å²) in [5.41, 5.74) is 3.54. The smallest absolute Gasteiger partial charge is 0.161 e. The highest BCUT2D eigenvalue weighted by Gasteiger charge is 2.07. The molecule has 0 atom stereocenters. The molecule has 0 unspecified atom stereocenters. The molecule has 0 radical (unpaired) electrons. The van der Waals surface area contributed by atoms with Crippen molar-refractivity contribution < 1.29 is 14.2 Å². The fraction of sp³-hybridized carbons (Fsp3) is 0.250. The van der Waals surface area contributed by atoms with Crippen LogP contribution in [0.15, 0.2) is 72.8 Å². The zero-order valence-corrected chi connectivity index (χ0v) is 16.5. The third-order valence-electron chi connectivity index (χ3n) is 4.56. The number of rotatable bonds is 10. The lowest BCUT2D eigenvalue weighted by molar-refractivity contribution is 0.297. The van der Waals surface area contributed by atoms with E-state index in [1.165, 1.54) is 5.56 Å². The summed E-state index contributed by atoms with van der Waals surface area (Å²) in [7, 11) is 3.37. The molecule has 3 rings (SSSR count). The number of ether oxygens (including phenoxy) is 3. The quantitative estimate of drug-likeness (QED) is 0.560. The molecule has 4 heteroatoms. The molecule has 0 aromatic heterocycles. The molecule has 28 heavy (non-hydrogen) atoms. The standard InChI is InChI=1S/C24H27NO3/c1-26-22-11-7-6-10-21(22)18-25-17-20-12-13-23(24(16-20)27-2)28-15-14-19-8-4-3-5-9-19/h3-13,16,25H,14-15,17-18H2,1-2H3. The molecule has 3 aromatic rings. The second-order valence-corrected chi connectivity index (χ2v) is 6.48. The monoisotopic (exact) mass is 377 g/mol. The van der Waals surface area contributed by atoms with Gasteiger partial charge in [0.15, 0.2) is 11.5 Å². The van der Waals surface area contributed by atoms with E-state index >= 15 is 0 Å². The normalized spacial score (nSPS) is 10.5. The van der Waals surface area contributed by atoms with Gasteiger partial charge in [0.05, 0.1) is 20.8 Å².